The van der Waals surface area contributed by atoms with Gasteiger partial charge in [-0.05, 0) is 44.9 Å². The summed E-state index contributed by atoms with van der Waals surface area (Å²) in [5.74, 6) is -0.728. The summed E-state index contributed by atoms with van der Waals surface area (Å²) in [7, 11) is 1.79. The number of carbonyl (C=O) groups excluding carboxylic acids is 3. The first-order valence-electron chi connectivity index (χ1n) is 14.0. The van der Waals surface area contributed by atoms with Crippen LogP contribution in [0, 0.1) is 5.92 Å². The number of nitrogens with one attached hydrogen (secondary N) is 2. The summed E-state index contributed by atoms with van der Waals surface area (Å²) in [6.07, 6.45) is 4.42. The van der Waals surface area contributed by atoms with Gasteiger partial charge in [0, 0.05) is 47.5 Å². The largest absolute Gasteiger partial charge is 0.348 e. The van der Waals surface area contributed by atoms with Crippen LogP contribution in [0.15, 0.2) is 42.0 Å². The van der Waals surface area contributed by atoms with E-state index >= 15 is 0 Å². The number of benzene rings is 1. The highest BCUT2D eigenvalue weighted by Gasteiger charge is 2.19. The van der Waals surface area contributed by atoms with E-state index in [1.807, 2.05) is 96.7 Å². The summed E-state index contributed by atoms with van der Waals surface area (Å²) in [4.78, 5) is 43.6. The molecule has 0 saturated heterocycles. The molecule has 0 radical (unpaired) electrons. The van der Waals surface area contributed by atoms with Gasteiger partial charge < -0.3 is 20.1 Å². The van der Waals surface area contributed by atoms with Crippen LogP contribution in [0.25, 0.3) is 11.3 Å². The van der Waals surface area contributed by atoms with E-state index in [2.05, 4.69) is 22.5 Å². The normalized spacial score (nSPS) is 10.6. The Kier molecular flexibility index (Phi) is 13.8. The Morgan fingerprint density at radius 2 is 1.73 bits per heavy atom. The third kappa shape index (κ3) is 9.33. The summed E-state index contributed by atoms with van der Waals surface area (Å²) in [5, 5.41) is 7.70. The molecule has 0 atom stereocenters. The fourth-order valence-corrected chi connectivity index (χ4v) is 4.41. The molecule has 8 nitrogen and oxygen atoms in total. The second-order valence-electron chi connectivity index (χ2n) is 10.00. The van der Waals surface area contributed by atoms with Crippen LogP contribution in [0.5, 0.6) is 0 Å². The zero-order valence-corrected chi connectivity index (χ0v) is 26.8. The van der Waals surface area contributed by atoms with Crippen molar-refractivity contribution in [2.45, 2.75) is 81.2 Å². The number of thiazole rings is 1. The molecule has 1 aromatic carbocycles. The van der Waals surface area contributed by atoms with Crippen molar-refractivity contribution in [2.24, 2.45) is 5.92 Å². The molecule has 2 N–H and O–H groups in total. The van der Waals surface area contributed by atoms with Gasteiger partial charge in [0.15, 0.2) is 5.13 Å². The van der Waals surface area contributed by atoms with Gasteiger partial charge in [0.2, 0.25) is 11.8 Å². The predicted octanol–water partition coefficient (Wildman–Crippen LogP) is 6.97. The van der Waals surface area contributed by atoms with Crippen molar-refractivity contribution in [1.29, 1.82) is 0 Å². The molecule has 2 aromatic heterocycles. The van der Waals surface area contributed by atoms with Crippen LogP contribution < -0.4 is 15.5 Å². The van der Waals surface area contributed by atoms with E-state index in [0.29, 0.717) is 16.4 Å². The zero-order valence-electron chi connectivity index (χ0n) is 26.0. The molecule has 0 bridgehead atoms. The third-order valence-electron chi connectivity index (χ3n) is 5.84. The van der Waals surface area contributed by atoms with Gasteiger partial charge in [-0.15, -0.1) is 11.3 Å². The van der Waals surface area contributed by atoms with Crippen molar-refractivity contribution in [3.05, 3.63) is 53.2 Å². The molecular formula is C31H47N5O3S. The minimum Gasteiger partial charge on any atom is -0.348 e. The molecule has 3 rings (SSSR count). The number of aryl methyl sites for hydroxylation is 1. The second-order valence-corrected chi connectivity index (χ2v) is 10.9. The van der Waals surface area contributed by atoms with Crippen LogP contribution in [-0.2, 0) is 21.5 Å². The molecule has 9 heteroatoms. The van der Waals surface area contributed by atoms with E-state index in [1.54, 1.807) is 24.2 Å². The summed E-state index contributed by atoms with van der Waals surface area (Å²) >= 11 is 1.31. The van der Waals surface area contributed by atoms with Gasteiger partial charge in [0.05, 0.1) is 17.8 Å². The molecule has 40 heavy (non-hydrogen) atoms. The Morgan fingerprint density at radius 3 is 2.27 bits per heavy atom. The number of hydrogen-bond donors (Lipinski definition) is 2. The highest BCUT2D eigenvalue weighted by Crippen LogP contribution is 2.31. The van der Waals surface area contributed by atoms with Gasteiger partial charge in [-0.2, -0.15) is 0 Å². The number of hydrogen-bond acceptors (Lipinski definition) is 5. The Morgan fingerprint density at radius 1 is 1.07 bits per heavy atom. The molecule has 220 valence electrons. The Balaban J connectivity index is 0.00000191. The molecule has 0 fully saturated rings. The maximum atomic E-state index is 12.6. The molecule has 3 amide bonds. The van der Waals surface area contributed by atoms with Crippen molar-refractivity contribution in [3.8, 4) is 11.3 Å². The van der Waals surface area contributed by atoms with Gasteiger partial charge in [0.1, 0.15) is 0 Å². The lowest BCUT2D eigenvalue weighted by Gasteiger charge is -2.23. The van der Waals surface area contributed by atoms with E-state index in [1.165, 1.54) is 11.3 Å². The average Bonchev–Trinajstić information content (AvgIpc) is 3.63. The molecule has 0 spiro atoms. The monoisotopic (exact) mass is 569 g/mol. The number of rotatable bonds is 8. The smallest absolute Gasteiger partial charge is 0.253 e. The predicted molar refractivity (Wildman–Crippen MR) is 168 cm³/mol. The summed E-state index contributed by atoms with van der Waals surface area (Å²) in [6.45, 7) is 19.8. The van der Waals surface area contributed by atoms with E-state index in [-0.39, 0.29) is 35.7 Å². The van der Waals surface area contributed by atoms with Crippen molar-refractivity contribution < 1.29 is 14.4 Å². The van der Waals surface area contributed by atoms with Crippen LogP contribution >= 0.6 is 11.3 Å². The highest BCUT2D eigenvalue weighted by molar-refractivity contribution is 7.14. The van der Waals surface area contributed by atoms with Crippen molar-refractivity contribution in [3.63, 3.8) is 0 Å². The van der Waals surface area contributed by atoms with Gasteiger partial charge >= 0.3 is 0 Å². The molecule has 0 unspecified atom stereocenters. The standard InChI is InChI=1S/C27H35N5O3S.2C2H6/c1-8-18-9-10-19(13-22(18)31(7)25(35)17(2)3)21-16-36-26(29-21)30-23(33)14-28-24(34)20-11-12-32(15-20)27(4,5)6;2*1-2/h9-13,15-17H,8,14H2,1-7H3,(H,28,34)(H,29,30,33);2*1-2H3. The number of carbonyl (C=O) groups is 3. The number of anilines is 2. The maximum absolute atomic E-state index is 12.6. The lowest BCUT2D eigenvalue weighted by atomic mass is 10.0. The van der Waals surface area contributed by atoms with Crippen LogP contribution in [-0.4, -0.2) is 40.9 Å². The van der Waals surface area contributed by atoms with Gasteiger partial charge in [-0.25, -0.2) is 4.98 Å². The first kappa shape index (κ1) is 34.6. The number of aromatic nitrogens is 2. The molecule has 0 aliphatic heterocycles. The van der Waals surface area contributed by atoms with E-state index < -0.39 is 0 Å². The zero-order chi connectivity index (χ0) is 30.6. The minimum absolute atomic E-state index is 0.0464. The van der Waals surface area contributed by atoms with E-state index in [4.69, 9.17) is 0 Å². The topological polar surface area (TPSA) is 96.3 Å². The van der Waals surface area contributed by atoms with Crippen LogP contribution in [0.3, 0.4) is 0 Å². The maximum Gasteiger partial charge on any atom is 0.253 e. The molecule has 3 aromatic rings. The molecule has 0 saturated carbocycles. The minimum atomic E-state index is -0.358. The number of amides is 3. The molecule has 0 aliphatic carbocycles. The molecule has 2 heterocycles. The van der Waals surface area contributed by atoms with Gasteiger partial charge in [-0.1, -0.05) is 60.6 Å². The third-order valence-corrected chi connectivity index (χ3v) is 6.60. The van der Waals surface area contributed by atoms with Crippen LogP contribution in [0.1, 0.15) is 85.2 Å². The highest BCUT2D eigenvalue weighted by atomic mass is 32.1. The fraction of sp³-hybridized carbons (Fsp3) is 0.484. The quantitative estimate of drug-likeness (QED) is 0.306. The lowest BCUT2D eigenvalue weighted by Crippen LogP contribution is -2.32. The Hall–Kier alpha value is -3.46. The fourth-order valence-electron chi connectivity index (χ4n) is 3.68. The van der Waals surface area contributed by atoms with Gasteiger partial charge in [0.25, 0.3) is 5.91 Å². The van der Waals surface area contributed by atoms with Crippen molar-refractivity contribution in [2.75, 3.05) is 23.8 Å². The SMILES string of the molecule is CC.CC.CCc1ccc(-c2csc(NC(=O)CNC(=O)c3ccn(C(C)(C)C)c3)n2)cc1N(C)C(=O)C(C)C. The van der Waals surface area contributed by atoms with Crippen LogP contribution in [0.4, 0.5) is 10.8 Å². The van der Waals surface area contributed by atoms with Crippen LogP contribution in [0.2, 0.25) is 0 Å². The first-order chi connectivity index (χ1) is 18.9. The molecular weight excluding hydrogens is 522 g/mol. The summed E-state index contributed by atoms with van der Waals surface area (Å²) < 4.78 is 1.95. The average molecular weight is 570 g/mol. The molecule has 0 aliphatic rings. The van der Waals surface area contributed by atoms with Gasteiger partial charge in [-0.3, -0.25) is 14.4 Å². The van der Waals surface area contributed by atoms with Crippen molar-refractivity contribution in [1.82, 2.24) is 14.9 Å². The summed E-state index contributed by atoms with van der Waals surface area (Å²) in [5.41, 5.74) is 3.87. The number of nitrogens with zero attached hydrogens (tertiary/aromatic N) is 3. The Bertz CT molecular complexity index is 1250. The second kappa shape index (κ2) is 16.0. The Labute approximate surface area is 244 Å². The van der Waals surface area contributed by atoms with Crippen molar-refractivity contribution >= 4 is 39.9 Å². The summed E-state index contributed by atoms with van der Waals surface area (Å²) in [6, 6.07) is 7.68. The first-order valence-corrected chi connectivity index (χ1v) is 14.9. The lowest BCUT2D eigenvalue weighted by molar-refractivity contribution is -0.121. The van der Waals surface area contributed by atoms with E-state index in [9.17, 15) is 14.4 Å². The van der Waals surface area contributed by atoms with E-state index in [0.717, 1.165) is 23.2 Å².